The fourth-order valence-corrected chi connectivity index (χ4v) is 1.98. The Bertz CT molecular complexity index is 197. The van der Waals surface area contributed by atoms with E-state index in [-0.39, 0.29) is 6.10 Å². The summed E-state index contributed by atoms with van der Waals surface area (Å²) < 4.78 is 5.64. The SMILES string of the molecule is C=C[Si](C)(C)OC(C)CN=C=O. The van der Waals surface area contributed by atoms with Gasteiger partial charge in [-0.05, 0) is 20.0 Å². The van der Waals surface area contributed by atoms with Crippen LogP contribution in [0.25, 0.3) is 0 Å². The van der Waals surface area contributed by atoms with Crippen LogP contribution < -0.4 is 0 Å². The Morgan fingerprint density at radius 1 is 1.75 bits per heavy atom. The summed E-state index contributed by atoms with van der Waals surface area (Å²) in [6, 6.07) is 0. The Kier molecular flexibility index (Phi) is 4.74. The zero-order valence-corrected chi connectivity index (χ0v) is 8.83. The van der Waals surface area contributed by atoms with E-state index < -0.39 is 8.32 Å². The first-order valence-corrected chi connectivity index (χ1v) is 6.85. The van der Waals surface area contributed by atoms with Gasteiger partial charge in [-0.15, -0.1) is 6.58 Å². The first-order chi connectivity index (χ1) is 5.52. The van der Waals surface area contributed by atoms with E-state index in [1.807, 2.05) is 25.7 Å². The molecule has 0 amide bonds. The molecule has 0 spiro atoms. The quantitative estimate of drug-likeness (QED) is 0.371. The van der Waals surface area contributed by atoms with Crippen LogP contribution in [-0.4, -0.2) is 27.0 Å². The van der Waals surface area contributed by atoms with E-state index in [2.05, 4.69) is 11.6 Å². The lowest BCUT2D eigenvalue weighted by atomic mass is 10.4. The number of isocyanates is 1. The summed E-state index contributed by atoms with van der Waals surface area (Å²) in [6.45, 7) is 10.1. The lowest BCUT2D eigenvalue weighted by molar-refractivity contribution is 0.225. The molecule has 0 rings (SSSR count). The normalized spacial score (nSPS) is 13.2. The molecule has 0 aromatic rings. The van der Waals surface area contributed by atoms with Crippen LogP contribution in [0, 0.1) is 0 Å². The maximum absolute atomic E-state index is 9.79. The standard InChI is InChI=1S/C8H15NO2Si/c1-5-12(3,4)11-8(2)6-9-7-10/h5,8H,1,6H2,2-4H3. The second-order valence-electron chi connectivity index (χ2n) is 3.17. The highest BCUT2D eigenvalue weighted by Gasteiger charge is 2.20. The van der Waals surface area contributed by atoms with Crippen molar-refractivity contribution < 1.29 is 9.22 Å². The van der Waals surface area contributed by atoms with Crippen molar-refractivity contribution in [1.29, 1.82) is 0 Å². The molecule has 0 heterocycles. The van der Waals surface area contributed by atoms with Crippen LogP contribution in [0.2, 0.25) is 13.1 Å². The summed E-state index contributed by atoms with van der Waals surface area (Å²) in [5, 5.41) is 0. The molecule has 1 unspecified atom stereocenters. The van der Waals surface area contributed by atoms with Crippen LogP contribution in [0.15, 0.2) is 17.3 Å². The summed E-state index contributed by atoms with van der Waals surface area (Å²) >= 11 is 0. The van der Waals surface area contributed by atoms with Gasteiger partial charge in [0.05, 0.1) is 12.6 Å². The second-order valence-corrected chi connectivity index (χ2v) is 7.02. The first kappa shape index (κ1) is 11.3. The fraction of sp³-hybridized carbons (Fsp3) is 0.625. The van der Waals surface area contributed by atoms with Crippen molar-refractivity contribution in [3.05, 3.63) is 12.3 Å². The van der Waals surface area contributed by atoms with Gasteiger partial charge in [-0.1, -0.05) is 5.70 Å². The number of nitrogens with zero attached hydrogens (tertiary/aromatic N) is 1. The maximum atomic E-state index is 9.79. The summed E-state index contributed by atoms with van der Waals surface area (Å²) in [5.74, 6) is 0. The van der Waals surface area contributed by atoms with Crippen molar-refractivity contribution in [2.24, 2.45) is 4.99 Å². The van der Waals surface area contributed by atoms with E-state index in [0.29, 0.717) is 6.54 Å². The molecular weight excluding hydrogens is 170 g/mol. The van der Waals surface area contributed by atoms with E-state index in [1.54, 1.807) is 0 Å². The van der Waals surface area contributed by atoms with Crippen molar-refractivity contribution in [3.8, 4) is 0 Å². The third-order valence-corrected chi connectivity index (χ3v) is 3.40. The van der Waals surface area contributed by atoms with Gasteiger partial charge < -0.3 is 4.43 Å². The topological polar surface area (TPSA) is 38.7 Å². The lowest BCUT2D eigenvalue weighted by Gasteiger charge is -2.22. The van der Waals surface area contributed by atoms with Gasteiger partial charge in [0.1, 0.15) is 0 Å². The Balaban J connectivity index is 3.90. The van der Waals surface area contributed by atoms with E-state index >= 15 is 0 Å². The molecule has 0 aromatic heterocycles. The summed E-state index contributed by atoms with van der Waals surface area (Å²) in [5.41, 5.74) is 1.86. The molecule has 0 saturated heterocycles. The lowest BCUT2D eigenvalue weighted by Crippen LogP contribution is -2.33. The van der Waals surface area contributed by atoms with Gasteiger partial charge in [-0.2, -0.15) is 0 Å². The molecule has 0 aliphatic carbocycles. The van der Waals surface area contributed by atoms with Crippen LogP contribution in [0.3, 0.4) is 0 Å². The Hall–Kier alpha value is -0.703. The zero-order chi connectivity index (χ0) is 9.61. The molecule has 4 heteroatoms. The number of hydrogen-bond donors (Lipinski definition) is 0. The minimum absolute atomic E-state index is 0.0221. The highest BCUT2D eigenvalue weighted by atomic mass is 28.4. The second kappa shape index (κ2) is 5.03. The average Bonchev–Trinajstić information content (AvgIpc) is 2.00. The molecule has 0 fully saturated rings. The maximum Gasteiger partial charge on any atom is 0.235 e. The molecule has 0 radical (unpaired) electrons. The molecule has 68 valence electrons. The first-order valence-electron chi connectivity index (χ1n) is 3.87. The third-order valence-electron chi connectivity index (χ3n) is 1.41. The molecule has 0 saturated carbocycles. The molecule has 0 bridgehead atoms. The number of carbonyl (C=O) groups excluding carboxylic acids is 1. The van der Waals surface area contributed by atoms with Crippen molar-refractivity contribution >= 4 is 14.4 Å². The molecule has 0 aliphatic rings. The Labute approximate surface area is 74.3 Å². The van der Waals surface area contributed by atoms with Crippen LogP contribution >= 0.6 is 0 Å². The summed E-state index contributed by atoms with van der Waals surface area (Å²) in [7, 11) is -1.72. The Morgan fingerprint density at radius 2 is 2.33 bits per heavy atom. The summed E-state index contributed by atoms with van der Waals surface area (Å²) in [6.07, 6.45) is 1.46. The van der Waals surface area contributed by atoms with E-state index in [1.165, 1.54) is 6.08 Å². The van der Waals surface area contributed by atoms with Crippen LogP contribution in [0.4, 0.5) is 0 Å². The highest BCUT2D eigenvalue weighted by molar-refractivity contribution is 6.76. The third kappa shape index (κ3) is 5.01. The number of rotatable bonds is 5. The molecule has 0 aliphatic heterocycles. The fourth-order valence-electron chi connectivity index (χ4n) is 0.770. The molecule has 0 N–H and O–H groups in total. The monoisotopic (exact) mass is 185 g/mol. The zero-order valence-electron chi connectivity index (χ0n) is 7.83. The van der Waals surface area contributed by atoms with Crippen molar-refractivity contribution in [2.75, 3.05) is 6.54 Å². The highest BCUT2D eigenvalue weighted by Crippen LogP contribution is 2.08. The van der Waals surface area contributed by atoms with Gasteiger partial charge in [0, 0.05) is 0 Å². The van der Waals surface area contributed by atoms with E-state index in [0.717, 1.165) is 0 Å². The van der Waals surface area contributed by atoms with Gasteiger partial charge in [0.15, 0.2) is 0 Å². The smallest absolute Gasteiger partial charge is 0.235 e. The summed E-state index contributed by atoms with van der Waals surface area (Å²) in [4.78, 5) is 13.2. The van der Waals surface area contributed by atoms with Gasteiger partial charge in [-0.25, -0.2) is 9.79 Å². The van der Waals surface area contributed by atoms with Gasteiger partial charge >= 0.3 is 0 Å². The van der Waals surface area contributed by atoms with Crippen LogP contribution in [0.1, 0.15) is 6.92 Å². The number of aliphatic imine (C=N–C) groups is 1. The van der Waals surface area contributed by atoms with Gasteiger partial charge in [0.25, 0.3) is 0 Å². The largest absolute Gasteiger partial charge is 0.409 e. The predicted molar refractivity (Wildman–Crippen MR) is 51.2 cm³/mol. The Morgan fingerprint density at radius 3 is 2.75 bits per heavy atom. The molecule has 12 heavy (non-hydrogen) atoms. The van der Waals surface area contributed by atoms with E-state index in [9.17, 15) is 4.79 Å². The van der Waals surface area contributed by atoms with Gasteiger partial charge in [-0.3, -0.25) is 0 Å². The number of hydrogen-bond acceptors (Lipinski definition) is 3. The predicted octanol–water partition coefficient (Wildman–Crippen LogP) is 1.66. The molecule has 1 atom stereocenters. The van der Waals surface area contributed by atoms with Crippen molar-refractivity contribution in [2.45, 2.75) is 26.1 Å². The van der Waals surface area contributed by atoms with E-state index in [4.69, 9.17) is 4.43 Å². The minimum Gasteiger partial charge on any atom is -0.409 e. The van der Waals surface area contributed by atoms with Crippen molar-refractivity contribution in [1.82, 2.24) is 0 Å². The molecule has 3 nitrogen and oxygen atoms in total. The van der Waals surface area contributed by atoms with Gasteiger partial charge in [0.2, 0.25) is 14.4 Å². The molecule has 0 aromatic carbocycles. The average molecular weight is 185 g/mol. The van der Waals surface area contributed by atoms with Crippen LogP contribution in [-0.2, 0) is 9.22 Å². The minimum atomic E-state index is -1.72. The van der Waals surface area contributed by atoms with Crippen molar-refractivity contribution in [3.63, 3.8) is 0 Å². The van der Waals surface area contributed by atoms with Crippen LogP contribution in [0.5, 0.6) is 0 Å². The molecular formula is C8H15NO2Si.